The molecule has 2 rings (SSSR count). The van der Waals surface area contributed by atoms with Crippen molar-refractivity contribution in [2.75, 3.05) is 38.1 Å². The molecule has 1 aromatic heterocycles. The van der Waals surface area contributed by atoms with Gasteiger partial charge in [0.1, 0.15) is 5.82 Å². The van der Waals surface area contributed by atoms with Crippen molar-refractivity contribution >= 4 is 5.82 Å². The molecule has 1 N–H and O–H groups in total. The molecule has 2 heterocycles. The molecule has 1 unspecified atom stereocenters. The largest absolute Gasteiger partial charge is 0.352 e. The normalized spacial score (nSPS) is 20.2. The zero-order valence-corrected chi connectivity index (χ0v) is 13.8. The average Bonchev–Trinajstić information content (AvgIpc) is 2.47. The fraction of sp³-hybridized carbons (Fsp3) is 0.750. The van der Waals surface area contributed by atoms with Crippen molar-refractivity contribution in [1.82, 2.24) is 20.2 Å². The van der Waals surface area contributed by atoms with Gasteiger partial charge in [0.15, 0.2) is 0 Å². The molecule has 0 aromatic carbocycles. The Kier molecular flexibility index (Phi) is 5.94. The molecule has 21 heavy (non-hydrogen) atoms. The zero-order valence-electron chi connectivity index (χ0n) is 13.8. The maximum absolute atomic E-state index is 4.77. The van der Waals surface area contributed by atoms with E-state index in [0.717, 1.165) is 44.2 Å². The summed E-state index contributed by atoms with van der Waals surface area (Å²) >= 11 is 0. The van der Waals surface area contributed by atoms with E-state index >= 15 is 0 Å². The Morgan fingerprint density at radius 1 is 1.33 bits per heavy atom. The SMILES string of the molecule is CCC1CN(c2cncc(CNCC(C)C)n2)CCN1C. The van der Waals surface area contributed by atoms with Crippen molar-refractivity contribution in [2.24, 2.45) is 5.92 Å². The highest BCUT2D eigenvalue weighted by molar-refractivity contribution is 5.37. The first-order chi connectivity index (χ1) is 10.1. The van der Waals surface area contributed by atoms with Gasteiger partial charge in [0.2, 0.25) is 0 Å². The standard InChI is InChI=1S/C16H29N5/c1-5-15-12-21(7-6-20(15)4)16-11-18-10-14(19-16)9-17-8-13(2)3/h10-11,13,15,17H,5-9,12H2,1-4H3. The van der Waals surface area contributed by atoms with E-state index in [1.807, 2.05) is 12.4 Å². The summed E-state index contributed by atoms with van der Waals surface area (Å²) in [5.41, 5.74) is 1.03. The third kappa shape index (κ3) is 4.64. The van der Waals surface area contributed by atoms with Crippen LogP contribution >= 0.6 is 0 Å². The fourth-order valence-electron chi connectivity index (χ4n) is 2.72. The minimum Gasteiger partial charge on any atom is -0.352 e. The molecule has 1 atom stereocenters. The molecule has 5 nitrogen and oxygen atoms in total. The average molecular weight is 291 g/mol. The van der Waals surface area contributed by atoms with Crippen LogP contribution in [0.2, 0.25) is 0 Å². The number of nitrogens with one attached hydrogen (secondary N) is 1. The van der Waals surface area contributed by atoms with Crippen molar-refractivity contribution in [3.63, 3.8) is 0 Å². The molecule has 0 amide bonds. The second-order valence-electron chi connectivity index (χ2n) is 6.38. The molecule has 0 radical (unpaired) electrons. The fourth-order valence-corrected chi connectivity index (χ4v) is 2.72. The van der Waals surface area contributed by atoms with Gasteiger partial charge in [0, 0.05) is 38.4 Å². The van der Waals surface area contributed by atoms with Gasteiger partial charge in [-0.05, 0) is 25.9 Å². The van der Waals surface area contributed by atoms with Gasteiger partial charge in [-0.2, -0.15) is 0 Å². The van der Waals surface area contributed by atoms with Gasteiger partial charge in [-0.25, -0.2) is 4.98 Å². The van der Waals surface area contributed by atoms with E-state index in [1.54, 1.807) is 0 Å². The molecule has 5 heteroatoms. The van der Waals surface area contributed by atoms with Gasteiger partial charge in [0.25, 0.3) is 0 Å². The van der Waals surface area contributed by atoms with Crippen LogP contribution < -0.4 is 10.2 Å². The quantitative estimate of drug-likeness (QED) is 0.865. The van der Waals surface area contributed by atoms with Crippen LogP contribution in [0.3, 0.4) is 0 Å². The van der Waals surface area contributed by atoms with Crippen molar-refractivity contribution in [3.8, 4) is 0 Å². The number of anilines is 1. The summed E-state index contributed by atoms with van der Waals surface area (Å²) in [6.45, 7) is 11.7. The second kappa shape index (κ2) is 7.71. The number of piperazine rings is 1. The first-order valence-electron chi connectivity index (χ1n) is 8.07. The summed E-state index contributed by atoms with van der Waals surface area (Å²) < 4.78 is 0. The van der Waals surface area contributed by atoms with E-state index in [-0.39, 0.29) is 0 Å². The van der Waals surface area contributed by atoms with Gasteiger partial charge >= 0.3 is 0 Å². The lowest BCUT2D eigenvalue weighted by Gasteiger charge is -2.39. The molecule has 0 bridgehead atoms. The minimum absolute atomic E-state index is 0.614. The Labute approximate surface area is 128 Å². The third-order valence-electron chi connectivity index (χ3n) is 4.10. The summed E-state index contributed by atoms with van der Waals surface area (Å²) in [7, 11) is 2.21. The summed E-state index contributed by atoms with van der Waals surface area (Å²) in [4.78, 5) is 13.9. The molecule has 1 aromatic rings. The van der Waals surface area contributed by atoms with Crippen LogP contribution in [0.25, 0.3) is 0 Å². The van der Waals surface area contributed by atoms with Crippen LogP contribution in [0.5, 0.6) is 0 Å². The summed E-state index contributed by atoms with van der Waals surface area (Å²) in [6, 6.07) is 0.614. The van der Waals surface area contributed by atoms with Gasteiger partial charge in [-0.3, -0.25) is 9.88 Å². The maximum atomic E-state index is 4.77. The lowest BCUT2D eigenvalue weighted by molar-refractivity contribution is 0.213. The minimum atomic E-state index is 0.614. The van der Waals surface area contributed by atoms with Crippen LogP contribution in [0.1, 0.15) is 32.9 Å². The van der Waals surface area contributed by atoms with Crippen LogP contribution in [-0.2, 0) is 6.54 Å². The van der Waals surface area contributed by atoms with Crippen molar-refractivity contribution in [2.45, 2.75) is 39.8 Å². The van der Waals surface area contributed by atoms with Crippen molar-refractivity contribution in [1.29, 1.82) is 0 Å². The number of hydrogen-bond donors (Lipinski definition) is 1. The predicted molar refractivity (Wildman–Crippen MR) is 87.5 cm³/mol. The molecule has 1 fully saturated rings. The Hall–Kier alpha value is -1.20. The molecular weight excluding hydrogens is 262 g/mol. The van der Waals surface area contributed by atoms with Crippen LogP contribution in [0.15, 0.2) is 12.4 Å². The number of aromatic nitrogens is 2. The number of nitrogens with zero attached hydrogens (tertiary/aromatic N) is 4. The zero-order chi connectivity index (χ0) is 15.2. The highest BCUT2D eigenvalue weighted by Gasteiger charge is 2.23. The third-order valence-corrected chi connectivity index (χ3v) is 4.10. The molecule has 1 aliphatic heterocycles. The molecule has 1 aliphatic rings. The number of rotatable bonds is 6. The monoisotopic (exact) mass is 291 g/mol. The van der Waals surface area contributed by atoms with Gasteiger partial charge < -0.3 is 10.2 Å². The van der Waals surface area contributed by atoms with Crippen molar-refractivity contribution in [3.05, 3.63) is 18.1 Å². The summed E-state index contributed by atoms with van der Waals surface area (Å²) in [6.07, 6.45) is 4.93. The molecule has 0 aliphatic carbocycles. The van der Waals surface area contributed by atoms with E-state index in [9.17, 15) is 0 Å². The maximum Gasteiger partial charge on any atom is 0.147 e. The van der Waals surface area contributed by atoms with Gasteiger partial charge in [-0.1, -0.05) is 20.8 Å². The number of likely N-dealkylation sites (N-methyl/N-ethyl adjacent to an activating group) is 1. The lowest BCUT2D eigenvalue weighted by Crippen LogP contribution is -2.51. The van der Waals surface area contributed by atoms with E-state index in [1.165, 1.54) is 6.42 Å². The summed E-state index contributed by atoms with van der Waals surface area (Å²) in [5.74, 6) is 1.68. The molecule has 0 saturated carbocycles. The van der Waals surface area contributed by atoms with Crippen LogP contribution in [0.4, 0.5) is 5.82 Å². The smallest absolute Gasteiger partial charge is 0.147 e. The molecule has 118 valence electrons. The summed E-state index contributed by atoms with van der Waals surface area (Å²) in [5, 5.41) is 3.43. The van der Waals surface area contributed by atoms with Gasteiger partial charge in [0.05, 0.1) is 11.9 Å². The highest BCUT2D eigenvalue weighted by atomic mass is 15.3. The Morgan fingerprint density at radius 3 is 2.86 bits per heavy atom. The van der Waals surface area contributed by atoms with Gasteiger partial charge in [-0.15, -0.1) is 0 Å². The first kappa shape index (κ1) is 16.2. The van der Waals surface area contributed by atoms with E-state index < -0.39 is 0 Å². The Balaban J connectivity index is 1.97. The number of hydrogen-bond acceptors (Lipinski definition) is 5. The molecule has 1 saturated heterocycles. The molecule has 0 spiro atoms. The van der Waals surface area contributed by atoms with Crippen LogP contribution in [0, 0.1) is 5.92 Å². The first-order valence-corrected chi connectivity index (χ1v) is 8.07. The van der Waals surface area contributed by atoms with E-state index in [0.29, 0.717) is 12.0 Å². The highest BCUT2D eigenvalue weighted by Crippen LogP contribution is 2.17. The van der Waals surface area contributed by atoms with Crippen LogP contribution in [-0.4, -0.2) is 54.1 Å². The Morgan fingerprint density at radius 2 is 2.14 bits per heavy atom. The Bertz CT molecular complexity index is 434. The molecular formula is C16H29N5. The van der Waals surface area contributed by atoms with E-state index in [2.05, 4.69) is 47.9 Å². The topological polar surface area (TPSA) is 44.3 Å². The second-order valence-corrected chi connectivity index (χ2v) is 6.38. The lowest BCUT2D eigenvalue weighted by atomic mass is 10.1. The van der Waals surface area contributed by atoms with E-state index in [4.69, 9.17) is 4.98 Å². The predicted octanol–water partition coefficient (Wildman–Crippen LogP) is 1.75. The van der Waals surface area contributed by atoms with Crippen molar-refractivity contribution < 1.29 is 0 Å².